The van der Waals surface area contributed by atoms with E-state index in [1.54, 1.807) is 13.3 Å². The van der Waals surface area contributed by atoms with Gasteiger partial charge in [0, 0.05) is 27.1 Å². The molecular formula is C12H19N3O2. The Hall–Kier alpha value is -1.36. The van der Waals surface area contributed by atoms with Gasteiger partial charge in [-0.05, 0) is 19.4 Å². The Morgan fingerprint density at radius 2 is 2.53 bits per heavy atom. The van der Waals surface area contributed by atoms with Crippen molar-refractivity contribution < 1.29 is 9.21 Å². The monoisotopic (exact) mass is 237 g/mol. The van der Waals surface area contributed by atoms with Gasteiger partial charge in [-0.2, -0.15) is 0 Å². The van der Waals surface area contributed by atoms with Crippen molar-refractivity contribution in [2.45, 2.75) is 26.3 Å². The molecule has 5 heteroatoms. The molecule has 0 radical (unpaired) electrons. The highest BCUT2D eigenvalue weighted by molar-refractivity contribution is 5.78. The lowest BCUT2D eigenvalue weighted by Gasteiger charge is -2.30. The first kappa shape index (κ1) is 12.1. The summed E-state index contributed by atoms with van der Waals surface area (Å²) in [5.74, 6) is 0.952. The van der Waals surface area contributed by atoms with Gasteiger partial charge >= 0.3 is 0 Å². The van der Waals surface area contributed by atoms with Crippen molar-refractivity contribution in [3.63, 3.8) is 0 Å². The SMILES string of the molecule is CNC(=O)C1CCCN(Cc2coc(C)n2)C1. The number of aryl methyl sites for hydroxylation is 1. The molecule has 1 aliphatic heterocycles. The first-order valence-electron chi connectivity index (χ1n) is 6.04. The molecule has 1 amide bonds. The molecule has 1 fully saturated rings. The van der Waals surface area contributed by atoms with E-state index in [4.69, 9.17) is 4.42 Å². The Bertz CT molecular complexity index is 389. The fraction of sp³-hybridized carbons (Fsp3) is 0.667. The third-order valence-corrected chi connectivity index (χ3v) is 3.17. The molecule has 0 aromatic carbocycles. The zero-order chi connectivity index (χ0) is 12.3. The highest BCUT2D eigenvalue weighted by atomic mass is 16.3. The van der Waals surface area contributed by atoms with E-state index in [2.05, 4.69) is 15.2 Å². The number of aromatic nitrogens is 1. The molecule has 17 heavy (non-hydrogen) atoms. The van der Waals surface area contributed by atoms with Gasteiger partial charge in [0.05, 0.1) is 11.6 Å². The van der Waals surface area contributed by atoms with E-state index < -0.39 is 0 Å². The summed E-state index contributed by atoms with van der Waals surface area (Å²) in [4.78, 5) is 18.1. The molecule has 1 aliphatic rings. The van der Waals surface area contributed by atoms with Crippen molar-refractivity contribution in [3.8, 4) is 0 Å². The Kier molecular flexibility index (Phi) is 3.78. The van der Waals surface area contributed by atoms with Crippen molar-refractivity contribution in [1.29, 1.82) is 0 Å². The smallest absolute Gasteiger partial charge is 0.224 e. The standard InChI is InChI=1S/C12H19N3O2/c1-9-14-11(8-17-9)7-15-5-3-4-10(6-15)12(16)13-2/h8,10H,3-7H2,1-2H3,(H,13,16). The van der Waals surface area contributed by atoms with E-state index in [9.17, 15) is 4.79 Å². The summed E-state index contributed by atoms with van der Waals surface area (Å²) in [6, 6.07) is 0. The Labute approximate surface area is 101 Å². The third kappa shape index (κ3) is 3.06. The number of rotatable bonds is 3. The van der Waals surface area contributed by atoms with Gasteiger partial charge in [0.2, 0.25) is 5.91 Å². The lowest BCUT2D eigenvalue weighted by atomic mass is 9.97. The van der Waals surface area contributed by atoms with Gasteiger partial charge in [-0.25, -0.2) is 4.98 Å². The van der Waals surface area contributed by atoms with Crippen molar-refractivity contribution in [3.05, 3.63) is 17.8 Å². The fourth-order valence-electron chi connectivity index (χ4n) is 2.33. The van der Waals surface area contributed by atoms with Crippen LogP contribution >= 0.6 is 0 Å². The maximum atomic E-state index is 11.6. The number of carbonyl (C=O) groups excluding carboxylic acids is 1. The van der Waals surface area contributed by atoms with Crippen LogP contribution in [0.2, 0.25) is 0 Å². The topological polar surface area (TPSA) is 58.4 Å². The number of likely N-dealkylation sites (tertiary alicyclic amines) is 1. The zero-order valence-corrected chi connectivity index (χ0v) is 10.4. The van der Waals surface area contributed by atoms with Gasteiger partial charge in [0.1, 0.15) is 6.26 Å². The van der Waals surface area contributed by atoms with Crippen LogP contribution in [0, 0.1) is 12.8 Å². The molecule has 2 heterocycles. The predicted molar refractivity (Wildman–Crippen MR) is 63.3 cm³/mol. The molecule has 1 unspecified atom stereocenters. The van der Waals surface area contributed by atoms with Crippen molar-refractivity contribution >= 4 is 5.91 Å². The second-order valence-corrected chi connectivity index (χ2v) is 4.55. The lowest BCUT2D eigenvalue weighted by molar-refractivity contribution is -0.126. The normalized spacial score (nSPS) is 21.4. The minimum Gasteiger partial charge on any atom is -0.449 e. The average molecular weight is 237 g/mol. The van der Waals surface area contributed by atoms with Crippen LogP contribution in [0.4, 0.5) is 0 Å². The van der Waals surface area contributed by atoms with Crippen LogP contribution in [-0.2, 0) is 11.3 Å². The number of hydrogen-bond donors (Lipinski definition) is 1. The van der Waals surface area contributed by atoms with E-state index in [0.29, 0.717) is 5.89 Å². The molecular weight excluding hydrogens is 218 g/mol. The second kappa shape index (κ2) is 5.31. The van der Waals surface area contributed by atoms with Gasteiger partial charge in [0.25, 0.3) is 0 Å². The van der Waals surface area contributed by atoms with E-state index in [0.717, 1.165) is 38.2 Å². The summed E-state index contributed by atoms with van der Waals surface area (Å²) >= 11 is 0. The van der Waals surface area contributed by atoms with Crippen LogP contribution in [0.15, 0.2) is 10.7 Å². The molecule has 2 rings (SSSR count). The van der Waals surface area contributed by atoms with Gasteiger partial charge in [-0.15, -0.1) is 0 Å². The highest BCUT2D eigenvalue weighted by Crippen LogP contribution is 2.18. The summed E-state index contributed by atoms with van der Waals surface area (Å²) in [7, 11) is 1.70. The maximum Gasteiger partial charge on any atom is 0.224 e. The molecule has 94 valence electrons. The number of oxazole rings is 1. The van der Waals surface area contributed by atoms with Gasteiger partial charge in [-0.1, -0.05) is 0 Å². The molecule has 1 aromatic heterocycles. The van der Waals surface area contributed by atoms with Crippen LogP contribution < -0.4 is 5.32 Å². The minimum absolute atomic E-state index is 0.113. The van der Waals surface area contributed by atoms with E-state index in [1.165, 1.54) is 0 Å². The van der Waals surface area contributed by atoms with Crippen LogP contribution in [0.5, 0.6) is 0 Å². The molecule has 1 N–H and O–H groups in total. The Balaban J connectivity index is 1.91. The van der Waals surface area contributed by atoms with Crippen molar-refractivity contribution in [1.82, 2.24) is 15.2 Å². The van der Waals surface area contributed by atoms with Gasteiger partial charge in [0.15, 0.2) is 5.89 Å². The zero-order valence-electron chi connectivity index (χ0n) is 10.4. The molecule has 0 aliphatic carbocycles. The third-order valence-electron chi connectivity index (χ3n) is 3.17. The number of piperidine rings is 1. The maximum absolute atomic E-state index is 11.6. The summed E-state index contributed by atoms with van der Waals surface area (Å²) in [5.41, 5.74) is 0.944. The average Bonchev–Trinajstić information content (AvgIpc) is 2.74. The predicted octanol–water partition coefficient (Wildman–Crippen LogP) is 0.941. The largest absolute Gasteiger partial charge is 0.449 e. The summed E-state index contributed by atoms with van der Waals surface area (Å²) in [5, 5.41) is 2.72. The molecule has 5 nitrogen and oxygen atoms in total. The highest BCUT2D eigenvalue weighted by Gasteiger charge is 2.25. The summed E-state index contributed by atoms with van der Waals surface area (Å²) in [6.07, 6.45) is 3.74. The molecule has 0 saturated carbocycles. The number of nitrogens with zero attached hydrogens (tertiary/aromatic N) is 2. The quantitative estimate of drug-likeness (QED) is 0.850. The number of hydrogen-bond acceptors (Lipinski definition) is 4. The lowest BCUT2D eigenvalue weighted by Crippen LogP contribution is -2.41. The van der Waals surface area contributed by atoms with E-state index in [1.807, 2.05) is 6.92 Å². The Morgan fingerprint density at radius 1 is 1.71 bits per heavy atom. The molecule has 0 spiro atoms. The molecule has 1 aromatic rings. The van der Waals surface area contributed by atoms with E-state index in [-0.39, 0.29) is 11.8 Å². The minimum atomic E-state index is 0.113. The van der Waals surface area contributed by atoms with Crippen LogP contribution in [-0.4, -0.2) is 35.9 Å². The number of nitrogens with one attached hydrogen (secondary N) is 1. The van der Waals surface area contributed by atoms with Crippen LogP contribution in [0.25, 0.3) is 0 Å². The van der Waals surface area contributed by atoms with E-state index >= 15 is 0 Å². The second-order valence-electron chi connectivity index (χ2n) is 4.55. The molecule has 1 saturated heterocycles. The molecule has 1 atom stereocenters. The fourth-order valence-corrected chi connectivity index (χ4v) is 2.33. The first-order chi connectivity index (χ1) is 8.19. The van der Waals surface area contributed by atoms with Gasteiger partial charge < -0.3 is 9.73 Å². The number of amides is 1. The Morgan fingerprint density at radius 3 is 3.18 bits per heavy atom. The molecule has 0 bridgehead atoms. The summed E-state index contributed by atoms with van der Waals surface area (Å²) in [6.45, 7) is 4.45. The number of carbonyl (C=O) groups is 1. The van der Waals surface area contributed by atoms with Crippen molar-refractivity contribution in [2.75, 3.05) is 20.1 Å². The van der Waals surface area contributed by atoms with Gasteiger partial charge in [-0.3, -0.25) is 9.69 Å². The van der Waals surface area contributed by atoms with Crippen LogP contribution in [0.1, 0.15) is 24.4 Å². The summed E-state index contributed by atoms with van der Waals surface area (Å²) < 4.78 is 5.18. The first-order valence-corrected chi connectivity index (χ1v) is 6.04. The van der Waals surface area contributed by atoms with Crippen molar-refractivity contribution in [2.24, 2.45) is 5.92 Å². The van der Waals surface area contributed by atoms with Crippen LogP contribution in [0.3, 0.4) is 0 Å².